The van der Waals surface area contributed by atoms with E-state index in [1.165, 1.54) is 43.6 Å². The van der Waals surface area contributed by atoms with Crippen molar-refractivity contribution in [1.29, 1.82) is 0 Å². The second-order valence-corrected chi connectivity index (χ2v) is 6.30. The van der Waals surface area contributed by atoms with Gasteiger partial charge in [-0.3, -0.25) is 0 Å². The van der Waals surface area contributed by atoms with E-state index < -0.39 is 0 Å². The molecule has 0 spiro atoms. The molecular weight excluding hydrogens is 232 g/mol. The largest absolute Gasteiger partial charge is 0.372 e. The maximum atomic E-state index is 5.91. The maximum Gasteiger partial charge on any atom is 0.0366 e. The van der Waals surface area contributed by atoms with Crippen molar-refractivity contribution < 1.29 is 0 Å². The Morgan fingerprint density at radius 1 is 1.05 bits per heavy atom. The van der Waals surface area contributed by atoms with Crippen LogP contribution in [0.3, 0.4) is 0 Å². The molecule has 2 N–H and O–H groups in total. The van der Waals surface area contributed by atoms with Gasteiger partial charge in [0.2, 0.25) is 0 Å². The van der Waals surface area contributed by atoms with Gasteiger partial charge in [-0.2, -0.15) is 0 Å². The predicted molar refractivity (Wildman–Crippen MR) is 83.4 cm³/mol. The van der Waals surface area contributed by atoms with E-state index in [2.05, 4.69) is 43.0 Å². The first-order chi connectivity index (χ1) is 9.08. The van der Waals surface area contributed by atoms with Crippen molar-refractivity contribution in [3.8, 4) is 0 Å². The lowest BCUT2D eigenvalue weighted by Gasteiger charge is -2.24. The first-order valence-corrected chi connectivity index (χ1v) is 7.68. The van der Waals surface area contributed by atoms with Crippen LogP contribution in [0.15, 0.2) is 24.3 Å². The van der Waals surface area contributed by atoms with E-state index in [4.69, 9.17) is 5.73 Å². The van der Waals surface area contributed by atoms with Crippen molar-refractivity contribution in [2.24, 2.45) is 17.6 Å². The van der Waals surface area contributed by atoms with Gasteiger partial charge in [0.15, 0.2) is 0 Å². The van der Waals surface area contributed by atoms with E-state index in [0.29, 0.717) is 0 Å². The van der Waals surface area contributed by atoms with Gasteiger partial charge in [0.25, 0.3) is 0 Å². The number of rotatable bonds is 3. The highest BCUT2D eigenvalue weighted by molar-refractivity contribution is 5.48. The molecule has 1 saturated heterocycles. The Bertz CT molecular complexity index is 381. The molecule has 0 aliphatic carbocycles. The van der Waals surface area contributed by atoms with Gasteiger partial charge in [-0.05, 0) is 55.7 Å². The molecule has 19 heavy (non-hydrogen) atoms. The lowest BCUT2D eigenvalue weighted by Crippen LogP contribution is -2.24. The standard InChI is InChI=1S/C17H28N2/c1-13(2)15-5-4-11-19(12-10-15)17-8-6-16(7-9-17)14(3)18/h6-9,13-15H,4-5,10-12,18H2,1-3H3. The third-order valence-corrected chi connectivity index (χ3v) is 4.50. The molecule has 2 heteroatoms. The van der Waals surface area contributed by atoms with Gasteiger partial charge in [-0.15, -0.1) is 0 Å². The molecule has 0 amide bonds. The van der Waals surface area contributed by atoms with Crippen LogP contribution >= 0.6 is 0 Å². The molecule has 1 fully saturated rings. The van der Waals surface area contributed by atoms with Gasteiger partial charge < -0.3 is 10.6 Å². The van der Waals surface area contributed by atoms with Crippen molar-refractivity contribution in [2.75, 3.05) is 18.0 Å². The second-order valence-electron chi connectivity index (χ2n) is 6.30. The molecule has 2 rings (SSSR count). The molecule has 0 radical (unpaired) electrons. The van der Waals surface area contributed by atoms with Crippen molar-refractivity contribution in [3.63, 3.8) is 0 Å². The highest BCUT2D eigenvalue weighted by Crippen LogP contribution is 2.27. The van der Waals surface area contributed by atoms with Gasteiger partial charge in [0.05, 0.1) is 0 Å². The van der Waals surface area contributed by atoms with Gasteiger partial charge in [0.1, 0.15) is 0 Å². The first kappa shape index (κ1) is 14.4. The Hall–Kier alpha value is -1.02. The minimum Gasteiger partial charge on any atom is -0.372 e. The molecule has 2 atom stereocenters. The molecule has 1 aliphatic rings. The maximum absolute atomic E-state index is 5.91. The topological polar surface area (TPSA) is 29.3 Å². The summed E-state index contributed by atoms with van der Waals surface area (Å²) in [6.45, 7) is 9.14. The summed E-state index contributed by atoms with van der Waals surface area (Å²) in [5.74, 6) is 1.72. The molecular formula is C17H28N2. The fraction of sp³-hybridized carbons (Fsp3) is 0.647. The van der Waals surface area contributed by atoms with Crippen LogP contribution in [0.1, 0.15) is 51.6 Å². The van der Waals surface area contributed by atoms with Crippen LogP contribution in [0.25, 0.3) is 0 Å². The Kier molecular flexibility index (Phi) is 4.87. The Morgan fingerprint density at radius 2 is 1.74 bits per heavy atom. The van der Waals surface area contributed by atoms with Gasteiger partial charge in [-0.1, -0.05) is 26.0 Å². The van der Waals surface area contributed by atoms with E-state index in [0.717, 1.165) is 11.8 Å². The highest BCUT2D eigenvalue weighted by atomic mass is 15.1. The summed E-state index contributed by atoms with van der Waals surface area (Å²) in [4.78, 5) is 2.54. The minimum absolute atomic E-state index is 0.128. The van der Waals surface area contributed by atoms with Crippen molar-refractivity contribution in [1.82, 2.24) is 0 Å². The third-order valence-electron chi connectivity index (χ3n) is 4.50. The summed E-state index contributed by atoms with van der Waals surface area (Å²) in [5, 5.41) is 0. The summed E-state index contributed by atoms with van der Waals surface area (Å²) >= 11 is 0. The molecule has 1 aliphatic heterocycles. The van der Waals surface area contributed by atoms with Gasteiger partial charge >= 0.3 is 0 Å². The zero-order valence-corrected chi connectivity index (χ0v) is 12.6. The smallest absolute Gasteiger partial charge is 0.0366 e. The molecule has 1 aromatic rings. The fourth-order valence-electron chi connectivity index (χ4n) is 3.04. The molecule has 1 aromatic carbocycles. The molecule has 2 unspecified atom stereocenters. The number of hydrogen-bond donors (Lipinski definition) is 1. The normalized spacial score (nSPS) is 22.4. The zero-order chi connectivity index (χ0) is 13.8. The lowest BCUT2D eigenvalue weighted by molar-refractivity contribution is 0.351. The summed E-state index contributed by atoms with van der Waals surface area (Å²) in [6.07, 6.45) is 4.02. The van der Waals surface area contributed by atoms with E-state index in [1.54, 1.807) is 0 Å². The lowest BCUT2D eigenvalue weighted by atomic mass is 9.89. The molecule has 0 aromatic heterocycles. The first-order valence-electron chi connectivity index (χ1n) is 7.68. The fourth-order valence-corrected chi connectivity index (χ4v) is 3.04. The monoisotopic (exact) mass is 260 g/mol. The van der Waals surface area contributed by atoms with Crippen LogP contribution in [0.5, 0.6) is 0 Å². The molecule has 106 valence electrons. The van der Waals surface area contributed by atoms with Crippen LogP contribution in [-0.2, 0) is 0 Å². The van der Waals surface area contributed by atoms with Crippen LogP contribution in [0.2, 0.25) is 0 Å². The molecule has 2 nitrogen and oxygen atoms in total. The summed E-state index contributed by atoms with van der Waals surface area (Å²) in [7, 11) is 0. The number of hydrogen-bond acceptors (Lipinski definition) is 2. The van der Waals surface area contributed by atoms with Crippen LogP contribution in [0.4, 0.5) is 5.69 Å². The average Bonchev–Trinajstić information content (AvgIpc) is 2.64. The Morgan fingerprint density at radius 3 is 2.32 bits per heavy atom. The quantitative estimate of drug-likeness (QED) is 0.891. The van der Waals surface area contributed by atoms with Crippen LogP contribution in [0, 0.1) is 11.8 Å². The van der Waals surface area contributed by atoms with Crippen molar-refractivity contribution in [3.05, 3.63) is 29.8 Å². The predicted octanol–water partition coefficient (Wildman–Crippen LogP) is 3.97. The number of benzene rings is 1. The van der Waals surface area contributed by atoms with Crippen molar-refractivity contribution in [2.45, 2.75) is 46.1 Å². The number of nitrogens with zero attached hydrogens (tertiary/aromatic N) is 1. The SMILES string of the molecule is CC(N)c1ccc(N2CCCC(C(C)C)CC2)cc1. The average molecular weight is 260 g/mol. The number of anilines is 1. The summed E-state index contributed by atoms with van der Waals surface area (Å²) in [6, 6.07) is 8.93. The zero-order valence-electron chi connectivity index (χ0n) is 12.6. The van der Waals surface area contributed by atoms with Crippen LogP contribution < -0.4 is 10.6 Å². The second kappa shape index (κ2) is 6.42. The van der Waals surface area contributed by atoms with E-state index in [-0.39, 0.29) is 6.04 Å². The Labute approximate surface area is 118 Å². The molecule has 0 saturated carbocycles. The molecule has 0 bridgehead atoms. The molecule has 1 heterocycles. The van der Waals surface area contributed by atoms with E-state index >= 15 is 0 Å². The minimum atomic E-state index is 0.128. The third kappa shape index (κ3) is 3.73. The summed E-state index contributed by atoms with van der Waals surface area (Å²) in [5.41, 5.74) is 8.48. The van der Waals surface area contributed by atoms with Crippen LogP contribution in [-0.4, -0.2) is 13.1 Å². The van der Waals surface area contributed by atoms with Crippen molar-refractivity contribution >= 4 is 5.69 Å². The number of nitrogens with two attached hydrogens (primary N) is 1. The van der Waals surface area contributed by atoms with Gasteiger partial charge in [0, 0.05) is 24.8 Å². The van der Waals surface area contributed by atoms with E-state index in [1.807, 2.05) is 6.92 Å². The highest BCUT2D eigenvalue weighted by Gasteiger charge is 2.19. The van der Waals surface area contributed by atoms with Gasteiger partial charge in [-0.25, -0.2) is 0 Å². The van der Waals surface area contributed by atoms with E-state index in [9.17, 15) is 0 Å². The summed E-state index contributed by atoms with van der Waals surface area (Å²) < 4.78 is 0. The Balaban J connectivity index is 2.01.